The van der Waals surface area contributed by atoms with Crippen molar-refractivity contribution in [3.63, 3.8) is 0 Å². The third-order valence-corrected chi connectivity index (χ3v) is 3.29. The van der Waals surface area contributed by atoms with E-state index < -0.39 is 0 Å². The first-order valence-corrected chi connectivity index (χ1v) is 7.99. The summed E-state index contributed by atoms with van der Waals surface area (Å²) >= 11 is 0. The molecule has 0 saturated carbocycles. The number of nitrogens with one attached hydrogen (secondary N) is 2. The molecule has 124 valence electrons. The highest BCUT2D eigenvalue weighted by Crippen LogP contribution is 1.99. The highest BCUT2D eigenvalue weighted by Gasteiger charge is 2.00. The van der Waals surface area contributed by atoms with Crippen molar-refractivity contribution >= 4 is 5.96 Å². The minimum Gasteiger partial charge on any atom is -0.383 e. The predicted molar refractivity (Wildman–Crippen MR) is 93.3 cm³/mol. The van der Waals surface area contributed by atoms with Crippen molar-refractivity contribution < 1.29 is 4.74 Å². The van der Waals surface area contributed by atoms with E-state index in [1.54, 1.807) is 7.11 Å². The first kappa shape index (κ1) is 18.5. The van der Waals surface area contributed by atoms with Gasteiger partial charge < -0.3 is 20.3 Å². The van der Waals surface area contributed by atoms with Gasteiger partial charge in [0, 0.05) is 26.7 Å². The van der Waals surface area contributed by atoms with Crippen LogP contribution in [0.25, 0.3) is 0 Å². The van der Waals surface area contributed by atoms with E-state index in [1.165, 1.54) is 5.56 Å². The molecule has 0 atom stereocenters. The van der Waals surface area contributed by atoms with Crippen LogP contribution in [0.3, 0.4) is 0 Å². The Morgan fingerprint density at radius 2 is 1.95 bits per heavy atom. The molecule has 0 aliphatic rings. The van der Waals surface area contributed by atoms with Gasteiger partial charge in [-0.3, -0.25) is 0 Å². The van der Waals surface area contributed by atoms with Crippen LogP contribution in [-0.4, -0.2) is 57.8 Å². The lowest BCUT2D eigenvalue weighted by molar-refractivity contribution is 0.161. The van der Waals surface area contributed by atoms with Crippen LogP contribution >= 0.6 is 0 Å². The molecule has 0 heterocycles. The second-order valence-corrected chi connectivity index (χ2v) is 5.26. The Morgan fingerprint density at radius 3 is 2.64 bits per heavy atom. The van der Waals surface area contributed by atoms with E-state index in [9.17, 15) is 0 Å². The first-order valence-electron chi connectivity index (χ1n) is 7.99. The number of rotatable bonds is 10. The van der Waals surface area contributed by atoms with Gasteiger partial charge in [0.15, 0.2) is 5.96 Å². The maximum atomic E-state index is 5.08. The van der Waals surface area contributed by atoms with Gasteiger partial charge in [-0.1, -0.05) is 30.3 Å². The van der Waals surface area contributed by atoms with E-state index in [2.05, 4.69) is 46.6 Å². The van der Waals surface area contributed by atoms with E-state index in [4.69, 9.17) is 4.74 Å². The van der Waals surface area contributed by atoms with Gasteiger partial charge in [0.1, 0.15) is 0 Å². The molecule has 22 heavy (non-hydrogen) atoms. The lowest BCUT2D eigenvalue weighted by Crippen LogP contribution is -2.38. The van der Waals surface area contributed by atoms with E-state index in [-0.39, 0.29) is 0 Å². The highest BCUT2D eigenvalue weighted by atomic mass is 16.5. The van der Waals surface area contributed by atoms with Gasteiger partial charge in [-0.05, 0) is 32.5 Å². The summed E-state index contributed by atoms with van der Waals surface area (Å²) in [6.45, 7) is 7.37. The number of nitrogens with zero attached hydrogens (tertiary/aromatic N) is 2. The summed E-state index contributed by atoms with van der Waals surface area (Å²) in [6.07, 6.45) is 1.08. The minimum absolute atomic E-state index is 0.698. The summed E-state index contributed by atoms with van der Waals surface area (Å²) in [5, 5.41) is 6.66. The number of hydrogen-bond donors (Lipinski definition) is 2. The van der Waals surface area contributed by atoms with Gasteiger partial charge >= 0.3 is 0 Å². The number of guanidine groups is 1. The first-order chi connectivity index (χ1) is 10.8. The van der Waals surface area contributed by atoms with Crippen LogP contribution in [0.1, 0.15) is 18.9 Å². The average molecular weight is 306 g/mol. The molecule has 0 unspecified atom stereocenters. The van der Waals surface area contributed by atoms with Gasteiger partial charge in [-0.2, -0.15) is 0 Å². The van der Waals surface area contributed by atoms with Crippen LogP contribution < -0.4 is 10.6 Å². The van der Waals surface area contributed by atoms with Crippen LogP contribution in [0.4, 0.5) is 0 Å². The molecule has 0 amide bonds. The van der Waals surface area contributed by atoms with Gasteiger partial charge in [0.05, 0.1) is 13.2 Å². The highest BCUT2D eigenvalue weighted by molar-refractivity contribution is 5.79. The molecule has 0 saturated heterocycles. The van der Waals surface area contributed by atoms with E-state index in [1.807, 2.05) is 18.2 Å². The fourth-order valence-electron chi connectivity index (χ4n) is 2.01. The zero-order valence-electron chi connectivity index (χ0n) is 14.1. The predicted octanol–water partition coefficient (Wildman–Crippen LogP) is 1.71. The molecule has 2 N–H and O–H groups in total. The van der Waals surface area contributed by atoms with Crippen molar-refractivity contribution in [3.05, 3.63) is 35.9 Å². The molecule has 1 aromatic carbocycles. The van der Waals surface area contributed by atoms with Gasteiger partial charge in [-0.25, -0.2) is 4.99 Å². The quantitative estimate of drug-likeness (QED) is 0.392. The zero-order valence-corrected chi connectivity index (χ0v) is 14.1. The summed E-state index contributed by atoms with van der Waals surface area (Å²) in [4.78, 5) is 6.89. The smallest absolute Gasteiger partial charge is 0.191 e. The lowest BCUT2D eigenvalue weighted by atomic mass is 10.2. The third kappa shape index (κ3) is 8.64. The van der Waals surface area contributed by atoms with Gasteiger partial charge in [0.25, 0.3) is 0 Å². The monoisotopic (exact) mass is 306 g/mol. The minimum atomic E-state index is 0.698. The standard InChI is InChI=1S/C17H30N4O/c1-4-18-17(20-15-16-9-6-5-7-10-16)19-11-8-12-21(2)13-14-22-3/h5-7,9-10H,4,8,11-15H2,1-3H3,(H2,18,19,20). The molecule has 0 spiro atoms. The Bertz CT molecular complexity index is 408. The number of ether oxygens (including phenoxy) is 1. The Hall–Kier alpha value is -1.59. The Morgan fingerprint density at radius 1 is 1.18 bits per heavy atom. The van der Waals surface area contributed by atoms with E-state index in [0.717, 1.165) is 45.2 Å². The molecule has 0 aliphatic heterocycles. The van der Waals surface area contributed by atoms with Crippen LogP contribution in [0.5, 0.6) is 0 Å². The summed E-state index contributed by atoms with van der Waals surface area (Å²) < 4.78 is 5.08. The number of likely N-dealkylation sites (N-methyl/N-ethyl adjacent to an activating group) is 1. The largest absolute Gasteiger partial charge is 0.383 e. The van der Waals surface area contributed by atoms with Crippen LogP contribution in [0, 0.1) is 0 Å². The van der Waals surface area contributed by atoms with Crippen molar-refractivity contribution in [1.82, 2.24) is 15.5 Å². The third-order valence-electron chi connectivity index (χ3n) is 3.29. The molecule has 1 aromatic rings. The molecule has 5 heteroatoms. The van der Waals surface area contributed by atoms with E-state index in [0.29, 0.717) is 6.54 Å². The average Bonchev–Trinajstić information content (AvgIpc) is 2.55. The SMILES string of the molecule is CCNC(=NCc1ccccc1)NCCCN(C)CCOC. The fourth-order valence-corrected chi connectivity index (χ4v) is 2.01. The maximum Gasteiger partial charge on any atom is 0.191 e. The summed E-state index contributed by atoms with van der Waals surface area (Å²) in [5.74, 6) is 0.880. The normalized spacial score (nSPS) is 11.7. The zero-order chi connectivity index (χ0) is 16.0. The molecular formula is C17H30N4O. The van der Waals surface area contributed by atoms with Crippen LogP contribution in [0.2, 0.25) is 0 Å². The summed E-state index contributed by atoms with van der Waals surface area (Å²) in [7, 11) is 3.86. The van der Waals surface area contributed by atoms with Crippen LogP contribution in [-0.2, 0) is 11.3 Å². The number of hydrogen-bond acceptors (Lipinski definition) is 3. The van der Waals surface area contributed by atoms with Crippen molar-refractivity contribution in [1.29, 1.82) is 0 Å². The van der Waals surface area contributed by atoms with Gasteiger partial charge in [0.2, 0.25) is 0 Å². The molecule has 1 rings (SSSR count). The maximum absolute atomic E-state index is 5.08. The second-order valence-electron chi connectivity index (χ2n) is 5.26. The van der Waals surface area contributed by atoms with Crippen molar-refractivity contribution in [3.8, 4) is 0 Å². The molecule has 0 fully saturated rings. The molecule has 0 radical (unpaired) electrons. The molecule has 0 aromatic heterocycles. The fraction of sp³-hybridized carbons (Fsp3) is 0.588. The van der Waals surface area contributed by atoms with Crippen molar-refractivity contribution in [2.24, 2.45) is 4.99 Å². The van der Waals surface area contributed by atoms with Gasteiger partial charge in [-0.15, -0.1) is 0 Å². The number of methoxy groups -OCH3 is 1. The topological polar surface area (TPSA) is 48.9 Å². The number of benzene rings is 1. The molecule has 0 bridgehead atoms. The molecular weight excluding hydrogens is 276 g/mol. The lowest BCUT2D eigenvalue weighted by Gasteiger charge is -2.17. The molecule has 5 nitrogen and oxygen atoms in total. The van der Waals surface area contributed by atoms with E-state index >= 15 is 0 Å². The van der Waals surface area contributed by atoms with Crippen LogP contribution in [0.15, 0.2) is 35.3 Å². The Labute approximate surface area is 134 Å². The Kier molecular flexibility index (Phi) is 10.1. The second kappa shape index (κ2) is 12.0. The van der Waals surface area contributed by atoms with Crippen molar-refractivity contribution in [2.75, 3.05) is 46.9 Å². The summed E-state index contributed by atoms with van der Waals surface area (Å²) in [6, 6.07) is 10.3. The summed E-state index contributed by atoms with van der Waals surface area (Å²) in [5.41, 5.74) is 1.22. The number of aliphatic imine (C=N–C) groups is 1. The van der Waals surface area contributed by atoms with Crippen molar-refractivity contribution in [2.45, 2.75) is 19.9 Å². The molecule has 0 aliphatic carbocycles. The Balaban J connectivity index is 2.28.